The lowest BCUT2D eigenvalue weighted by molar-refractivity contribution is -0.138. The van der Waals surface area contributed by atoms with E-state index in [2.05, 4.69) is 21.3 Å². The van der Waals surface area contributed by atoms with Gasteiger partial charge in [-0.1, -0.05) is 0 Å². The fourth-order valence-corrected chi connectivity index (χ4v) is 2.10. The van der Waals surface area contributed by atoms with Gasteiger partial charge in [0.05, 0.1) is 13.1 Å². The van der Waals surface area contributed by atoms with E-state index in [-0.39, 0.29) is 32.0 Å². The number of hydrogen-bond donors (Lipinski definition) is 6. The number of carboxylic acids is 1. The van der Waals surface area contributed by atoms with Crippen molar-refractivity contribution in [1.29, 1.82) is 0 Å². The van der Waals surface area contributed by atoms with Crippen LogP contribution in [0, 0.1) is 0 Å². The van der Waals surface area contributed by atoms with E-state index < -0.39 is 35.6 Å². The molecule has 0 aromatic carbocycles. The van der Waals surface area contributed by atoms with Gasteiger partial charge in [-0.25, -0.2) is 0 Å². The Labute approximate surface area is 157 Å². The zero-order chi connectivity index (χ0) is 20.8. The van der Waals surface area contributed by atoms with Crippen LogP contribution >= 0.6 is 0 Å². The molecular formula is C16H29N5O6. The van der Waals surface area contributed by atoms with Crippen LogP contribution in [0.1, 0.15) is 39.5 Å². The van der Waals surface area contributed by atoms with Crippen molar-refractivity contribution in [2.75, 3.05) is 19.6 Å². The van der Waals surface area contributed by atoms with Crippen molar-refractivity contribution in [3.8, 4) is 0 Å². The molecule has 0 aliphatic heterocycles. The van der Waals surface area contributed by atoms with Gasteiger partial charge in [0.15, 0.2) is 0 Å². The minimum atomic E-state index is -1.13. The Hall–Kier alpha value is -2.69. The van der Waals surface area contributed by atoms with Crippen molar-refractivity contribution < 1.29 is 29.1 Å². The molecule has 4 amide bonds. The van der Waals surface area contributed by atoms with Crippen LogP contribution in [0.2, 0.25) is 0 Å². The van der Waals surface area contributed by atoms with Gasteiger partial charge in [-0.15, -0.1) is 0 Å². The van der Waals surface area contributed by atoms with Gasteiger partial charge in [-0.2, -0.15) is 0 Å². The second kappa shape index (κ2) is 13.5. The van der Waals surface area contributed by atoms with Gasteiger partial charge < -0.3 is 32.1 Å². The topological polar surface area (TPSA) is 180 Å². The van der Waals surface area contributed by atoms with Crippen LogP contribution in [0.15, 0.2) is 0 Å². The van der Waals surface area contributed by atoms with Gasteiger partial charge >= 0.3 is 5.97 Å². The summed E-state index contributed by atoms with van der Waals surface area (Å²) in [6, 6.07) is -1.23. The molecule has 0 radical (unpaired) electrons. The first-order valence-corrected chi connectivity index (χ1v) is 8.68. The number of carboxylic acid groups (broad SMARTS) is 1. The molecule has 11 nitrogen and oxygen atoms in total. The van der Waals surface area contributed by atoms with Crippen molar-refractivity contribution in [3.05, 3.63) is 0 Å². The highest BCUT2D eigenvalue weighted by Crippen LogP contribution is 1.99. The lowest BCUT2D eigenvalue weighted by Gasteiger charge is -2.18. The van der Waals surface area contributed by atoms with E-state index in [4.69, 9.17) is 10.8 Å². The number of hydrogen-bond acceptors (Lipinski definition) is 6. The quantitative estimate of drug-likeness (QED) is 0.208. The first kappa shape index (κ1) is 24.3. The Morgan fingerprint density at radius 2 is 1.56 bits per heavy atom. The third-order valence-corrected chi connectivity index (χ3v) is 3.47. The fourth-order valence-electron chi connectivity index (χ4n) is 2.10. The average molecular weight is 387 g/mol. The van der Waals surface area contributed by atoms with Crippen LogP contribution < -0.4 is 27.0 Å². The van der Waals surface area contributed by atoms with Crippen molar-refractivity contribution in [2.24, 2.45) is 5.73 Å². The Kier molecular flexibility index (Phi) is 12.2. The summed E-state index contributed by atoms with van der Waals surface area (Å²) in [5, 5.41) is 18.4. The van der Waals surface area contributed by atoms with Crippen molar-refractivity contribution in [1.82, 2.24) is 21.3 Å². The largest absolute Gasteiger partial charge is 0.481 e. The molecule has 7 N–H and O–H groups in total. The summed E-state index contributed by atoms with van der Waals surface area (Å²) in [6.45, 7) is 2.91. The number of aliphatic carboxylic acids is 1. The number of nitrogens with one attached hydrogen (secondary N) is 4. The summed E-state index contributed by atoms with van der Waals surface area (Å²) in [5.74, 6) is -3.28. The van der Waals surface area contributed by atoms with E-state index in [1.165, 1.54) is 6.92 Å². The van der Waals surface area contributed by atoms with Crippen LogP contribution in [-0.4, -0.2) is 66.4 Å². The van der Waals surface area contributed by atoms with Crippen LogP contribution in [-0.2, 0) is 24.0 Å². The number of rotatable bonds is 13. The Morgan fingerprint density at radius 1 is 0.963 bits per heavy atom. The molecule has 0 bridgehead atoms. The van der Waals surface area contributed by atoms with Gasteiger partial charge in [-0.05, 0) is 32.7 Å². The molecular weight excluding hydrogens is 358 g/mol. The molecule has 0 spiro atoms. The summed E-state index contributed by atoms with van der Waals surface area (Å²) in [4.78, 5) is 57.3. The monoisotopic (exact) mass is 387 g/mol. The zero-order valence-electron chi connectivity index (χ0n) is 15.7. The maximum Gasteiger partial charge on any atom is 0.303 e. The molecule has 0 rings (SSSR count). The van der Waals surface area contributed by atoms with E-state index in [1.54, 1.807) is 0 Å². The highest BCUT2D eigenvalue weighted by molar-refractivity contribution is 5.92. The molecule has 11 heteroatoms. The predicted molar refractivity (Wildman–Crippen MR) is 96.4 cm³/mol. The molecule has 0 saturated carbocycles. The summed E-state index contributed by atoms with van der Waals surface area (Å²) >= 11 is 0. The summed E-state index contributed by atoms with van der Waals surface area (Å²) < 4.78 is 0. The van der Waals surface area contributed by atoms with E-state index in [9.17, 15) is 24.0 Å². The molecule has 0 aromatic rings. The third kappa shape index (κ3) is 13.2. The minimum absolute atomic E-state index is 0.0990. The van der Waals surface area contributed by atoms with Crippen LogP contribution in [0.25, 0.3) is 0 Å². The van der Waals surface area contributed by atoms with Crippen LogP contribution in [0.3, 0.4) is 0 Å². The lowest BCUT2D eigenvalue weighted by atomic mass is 10.1. The zero-order valence-corrected chi connectivity index (χ0v) is 15.7. The van der Waals surface area contributed by atoms with Crippen molar-refractivity contribution in [2.45, 2.75) is 51.6 Å². The summed E-state index contributed by atoms with van der Waals surface area (Å²) in [6.07, 6.45) is 0.963. The third-order valence-electron chi connectivity index (χ3n) is 3.47. The first-order chi connectivity index (χ1) is 12.6. The van der Waals surface area contributed by atoms with E-state index in [1.807, 2.05) is 6.92 Å². The maximum absolute atomic E-state index is 12.2. The highest BCUT2D eigenvalue weighted by Gasteiger charge is 2.22. The van der Waals surface area contributed by atoms with E-state index in [0.717, 1.165) is 6.42 Å². The molecule has 0 saturated heterocycles. The number of amides is 4. The van der Waals surface area contributed by atoms with E-state index in [0.29, 0.717) is 13.0 Å². The molecule has 0 aliphatic carbocycles. The smallest absolute Gasteiger partial charge is 0.303 e. The van der Waals surface area contributed by atoms with Gasteiger partial charge in [0, 0.05) is 19.4 Å². The Bertz CT molecular complexity index is 539. The lowest BCUT2D eigenvalue weighted by Crippen LogP contribution is -2.51. The Morgan fingerprint density at radius 3 is 2.11 bits per heavy atom. The average Bonchev–Trinajstić information content (AvgIpc) is 2.59. The summed E-state index contributed by atoms with van der Waals surface area (Å²) in [7, 11) is 0. The summed E-state index contributed by atoms with van der Waals surface area (Å²) in [5.41, 5.74) is 5.40. The Balaban J connectivity index is 4.55. The number of nitrogens with two attached hydrogens (primary N) is 1. The molecule has 0 aliphatic rings. The molecule has 0 heterocycles. The molecule has 0 aromatic heterocycles. The van der Waals surface area contributed by atoms with Crippen LogP contribution in [0.4, 0.5) is 0 Å². The number of carbonyl (C=O) groups excluding carboxylic acids is 4. The van der Waals surface area contributed by atoms with Gasteiger partial charge in [0.25, 0.3) is 0 Å². The second-order valence-electron chi connectivity index (χ2n) is 6.08. The van der Waals surface area contributed by atoms with Gasteiger partial charge in [-0.3, -0.25) is 24.0 Å². The molecule has 27 heavy (non-hydrogen) atoms. The van der Waals surface area contributed by atoms with E-state index >= 15 is 0 Å². The molecule has 0 unspecified atom stereocenters. The SMILES string of the molecule is CC(=O)NCC(=O)N[C@H](CCC(=O)O)C(=O)NCC(=O)N[C@@H](C)CCCN. The predicted octanol–water partition coefficient (Wildman–Crippen LogP) is -2.17. The van der Waals surface area contributed by atoms with Gasteiger partial charge in [0.2, 0.25) is 23.6 Å². The normalized spacial score (nSPS) is 12.4. The highest BCUT2D eigenvalue weighted by atomic mass is 16.4. The molecule has 2 atom stereocenters. The molecule has 0 fully saturated rings. The fraction of sp³-hybridized carbons (Fsp3) is 0.688. The standard InChI is InChI=1S/C16H29N5O6/c1-10(4-3-7-17)20-13(23)9-19-16(27)12(5-6-15(25)26)21-14(24)8-18-11(2)22/h10,12H,3-9,17H2,1-2H3,(H,18,22)(H,19,27)(H,20,23)(H,21,24)(H,25,26)/t10-,12+/m0/s1. The first-order valence-electron chi connectivity index (χ1n) is 8.68. The van der Waals surface area contributed by atoms with Gasteiger partial charge in [0.1, 0.15) is 6.04 Å². The second-order valence-corrected chi connectivity index (χ2v) is 6.08. The molecule has 154 valence electrons. The number of carbonyl (C=O) groups is 5. The van der Waals surface area contributed by atoms with Crippen LogP contribution in [0.5, 0.6) is 0 Å². The minimum Gasteiger partial charge on any atom is -0.481 e. The van der Waals surface area contributed by atoms with Crippen molar-refractivity contribution in [3.63, 3.8) is 0 Å². The maximum atomic E-state index is 12.2. The van der Waals surface area contributed by atoms with Crippen molar-refractivity contribution >= 4 is 29.6 Å².